The van der Waals surface area contributed by atoms with Gasteiger partial charge in [-0.1, -0.05) is 12.1 Å². The standard InChI is InChI=1S/C16H26N2O3/c1-11(17)8-12-6-7-14(20-5)13(9-12)10-18-15(19)21-16(2,3)4/h6-7,9,11H,8,10,17H2,1-5H3,(H,18,19). The highest BCUT2D eigenvalue weighted by atomic mass is 16.6. The summed E-state index contributed by atoms with van der Waals surface area (Å²) in [6, 6.07) is 5.97. The number of hydrogen-bond acceptors (Lipinski definition) is 4. The molecule has 118 valence electrons. The van der Waals surface area contributed by atoms with E-state index in [1.165, 1.54) is 0 Å². The average Bonchev–Trinajstić information content (AvgIpc) is 2.33. The van der Waals surface area contributed by atoms with Crippen LogP contribution in [-0.4, -0.2) is 24.8 Å². The number of amides is 1. The molecule has 0 heterocycles. The maximum Gasteiger partial charge on any atom is 0.407 e. The largest absolute Gasteiger partial charge is 0.496 e. The van der Waals surface area contributed by atoms with E-state index in [1.54, 1.807) is 7.11 Å². The number of hydrogen-bond donors (Lipinski definition) is 2. The predicted molar refractivity (Wildman–Crippen MR) is 83.4 cm³/mol. The van der Waals surface area contributed by atoms with Crippen molar-refractivity contribution in [2.45, 2.75) is 52.3 Å². The van der Waals surface area contributed by atoms with Gasteiger partial charge in [-0.05, 0) is 45.7 Å². The van der Waals surface area contributed by atoms with Crippen molar-refractivity contribution in [2.24, 2.45) is 5.73 Å². The SMILES string of the molecule is COc1ccc(CC(C)N)cc1CNC(=O)OC(C)(C)C. The Morgan fingerprint density at radius 1 is 1.38 bits per heavy atom. The summed E-state index contributed by atoms with van der Waals surface area (Å²) in [6.45, 7) is 7.80. The molecule has 5 nitrogen and oxygen atoms in total. The van der Waals surface area contributed by atoms with E-state index in [9.17, 15) is 4.79 Å². The minimum absolute atomic E-state index is 0.0880. The number of ether oxygens (including phenoxy) is 2. The van der Waals surface area contributed by atoms with Crippen molar-refractivity contribution in [1.29, 1.82) is 0 Å². The van der Waals surface area contributed by atoms with Crippen LogP contribution in [0.15, 0.2) is 18.2 Å². The van der Waals surface area contributed by atoms with Gasteiger partial charge in [0.05, 0.1) is 7.11 Å². The molecule has 1 amide bonds. The van der Waals surface area contributed by atoms with Crippen molar-refractivity contribution >= 4 is 6.09 Å². The Bertz CT molecular complexity index is 479. The van der Waals surface area contributed by atoms with Crippen LogP contribution in [0.1, 0.15) is 38.8 Å². The molecule has 3 N–H and O–H groups in total. The minimum Gasteiger partial charge on any atom is -0.496 e. The topological polar surface area (TPSA) is 73.6 Å². The Labute approximate surface area is 126 Å². The van der Waals surface area contributed by atoms with Crippen LogP contribution in [-0.2, 0) is 17.7 Å². The molecule has 0 radical (unpaired) electrons. The van der Waals surface area contributed by atoms with Gasteiger partial charge in [-0.15, -0.1) is 0 Å². The van der Waals surface area contributed by atoms with Gasteiger partial charge in [0, 0.05) is 18.2 Å². The summed E-state index contributed by atoms with van der Waals surface area (Å²) in [5.74, 6) is 0.736. The zero-order valence-electron chi connectivity index (χ0n) is 13.5. The van der Waals surface area contributed by atoms with Crippen molar-refractivity contribution in [3.05, 3.63) is 29.3 Å². The van der Waals surface area contributed by atoms with Gasteiger partial charge >= 0.3 is 6.09 Å². The van der Waals surface area contributed by atoms with Gasteiger partial charge in [0.25, 0.3) is 0 Å². The second kappa shape index (κ2) is 7.31. The molecule has 1 atom stereocenters. The summed E-state index contributed by atoms with van der Waals surface area (Å²) >= 11 is 0. The van der Waals surface area contributed by atoms with Crippen molar-refractivity contribution in [3.63, 3.8) is 0 Å². The first kappa shape index (κ1) is 17.3. The number of methoxy groups -OCH3 is 1. The third kappa shape index (κ3) is 6.49. The molecule has 0 spiro atoms. The molecular weight excluding hydrogens is 268 g/mol. The van der Waals surface area contributed by atoms with Crippen LogP contribution in [0.5, 0.6) is 5.75 Å². The van der Waals surface area contributed by atoms with Crippen molar-refractivity contribution < 1.29 is 14.3 Å². The monoisotopic (exact) mass is 294 g/mol. The smallest absolute Gasteiger partial charge is 0.407 e. The molecule has 21 heavy (non-hydrogen) atoms. The molecule has 0 aromatic heterocycles. The summed E-state index contributed by atoms with van der Waals surface area (Å²) in [4.78, 5) is 11.7. The molecule has 1 unspecified atom stereocenters. The molecule has 1 aromatic carbocycles. The molecule has 5 heteroatoms. The first-order valence-corrected chi connectivity index (χ1v) is 7.09. The number of carbonyl (C=O) groups is 1. The van der Waals surface area contributed by atoms with E-state index in [1.807, 2.05) is 45.9 Å². The Hall–Kier alpha value is -1.75. The molecular formula is C16H26N2O3. The molecule has 1 rings (SSSR count). The van der Waals surface area contributed by atoms with E-state index in [4.69, 9.17) is 15.2 Å². The van der Waals surface area contributed by atoms with Crippen molar-refractivity contribution in [2.75, 3.05) is 7.11 Å². The van der Waals surface area contributed by atoms with Gasteiger partial charge in [0.2, 0.25) is 0 Å². The van der Waals surface area contributed by atoms with Gasteiger partial charge in [0.1, 0.15) is 11.4 Å². The van der Waals surface area contributed by atoms with E-state index in [2.05, 4.69) is 5.32 Å². The molecule has 1 aromatic rings. The molecule has 0 bridgehead atoms. The molecule has 0 aliphatic carbocycles. The molecule has 0 aliphatic rings. The lowest BCUT2D eigenvalue weighted by Gasteiger charge is -2.20. The lowest BCUT2D eigenvalue weighted by atomic mass is 10.0. The van der Waals surface area contributed by atoms with E-state index in [0.717, 1.165) is 23.3 Å². The summed E-state index contributed by atoms with van der Waals surface area (Å²) < 4.78 is 10.5. The summed E-state index contributed by atoms with van der Waals surface area (Å²) in [6.07, 6.45) is 0.339. The van der Waals surface area contributed by atoms with Crippen LogP contribution in [0.25, 0.3) is 0 Å². The second-order valence-corrected chi connectivity index (χ2v) is 6.18. The molecule has 0 fully saturated rings. The van der Waals surface area contributed by atoms with Crippen LogP contribution in [0.4, 0.5) is 4.79 Å². The Balaban J connectivity index is 2.74. The lowest BCUT2D eigenvalue weighted by Crippen LogP contribution is -2.32. The van der Waals surface area contributed by atoms with Crippen LogP contribution < -0.4 is 15.8 Å². The van der Waals surface area contributed by atoms with Crippen molar-refractivity contribution in [3.8, 4) is 5.75 Å². The van der Waals surface area contributed by atoms with Gasteiger partial charge < -0.3 is 20.5 Å². The van der Waals surface area contributed by atoms with Gasteiger partial charge in [0.15, 0.2) is 0 Å². The number of carbonyl (C=O) groups excluding carboxylic acids is 1. The third-order valence-electron chi connectivity index (χ3n) is 2.72. The number of benzene rings is 1. The van der Waals surface area contributed by atoms with E-state index in [0.29, 0.717) is 6.54 Å². The van der Waals surface area contributed by atoms with E-state index in [-0.39, 0.29) is 6.04 Å². The molecule has 0 saturated heterocycles. The fourth-order valence-electron chi connectivity index (χ4n) is 1.95. The fourth-order valence-corrected chi connectivity index (χ4v) is 1.95. The van der Waals surface area contributed by atoms with Crippen LogP contribution in [0, 0.1) is 0 Å². The lowest BCUT2D eigenvalue weighted by molar-refractivity contribution is 0.0523. The maximum absolute atomic E-state index is 11.7. The zero-order valence-corrected chi connectivity index (χ0v) is 13.5. The predicted octanol–water partition coefficient (Wildman–Crippen LogP) is 2.61. The Morgan fingerprint density at radius 2 is 2.05 bits per heavy atom. The highest BCUT2D eigenvalue weighted by Gasteiger charge is 2.16. The van der Waals surface area contributed by atoms with Crippen LogP contribution in [0.2, 0.25) is 0 Å². The van der Waals surface area contributed by atoms with Crippen LogP contribution in [0.3, 0.4) is 0 Å². The van der Waals surface area contributed by atoms with Crippen LogP contribution >= 0.6 is 0 Å². The highest BCUT2D eigenvalue weighted by molar-refractivity contribution is 5.67. The van der Waals surface area contributed by atoms with E-state index < -0.39 is 11.7 Å². The highest BCUT2D eigenvalue weighted by Crippen LogP contribution is 2.20. The number of nitrogens with one attached hydrogen (secondary N) is 1. The molecule has 0 aliphatic heterocycles. The fraction of sp³-hybridized carbons (Fsp3) is 0.562. The summed E-state index contributed by atoms with van der Waals surface area (Å²) in [5, 5.41) is 2.74. The second-order valence-electron chi connectivity index (χ2n) is 6.18. The summed E-state index contributed by atoms with van der Waals surface area (Å²) in [7, 11) is 1.61. The third-order valence-corrected chi connectivity index (χ3v) is 2.72. The average molecular weight is 294 g/mol. The molecule has 0 saturated carbocycles. The van der Waals surface area contributed by atoms with Gasteiger partial charge in [-0.25, -0.2) is 4.79 Å². The van der Waals surface area contributed by atoms with Crippen molar-refractivity contribution in [1.82, 2.24) is 5.32 Å². The van der Waals surface area contributed by atoms with Gasteiger partial charge in [-0.2, -0.15) is 0 Å². The first-order chi connectivity index (χ1) is 9.71. The minimum atomic E-state index is -0.509. The zero-order chi connectivity index (χ0) is 16.0. The quantitative estimate of drug-likeness (QED) is 0.875. The number of nitrogens with two attached hydrogens (primary N) is 1. The van der Waals surface area contributed by atoms with Gasteiger partial charge in [-0.3, -0.25) is 0 Å². The Morgan fingerprint density at radius 3 is 2.57 bits per heavy atom. The number of alkyl carbamates (subject to hydrolysis) is 1. The maximum atomic E-state index is 11.7. The first-order valence-electron chi connectivity index (χ1n) is 7.09. The Kier molecular flexibility index (Phi) is 6.03. The van der Waals surface area contributed by atoms with E-state index >= 15 is 0 Å². The normalized spacial score (nSPS) is 12.7. The summed E-state index contributed by atoms with van der Waals surface area (Å²) in [5.41, 5.74) is 7.33. The number of rotatable bonds is 5.